The molecule has 0 radical (unpaired) electrons. The lowest BCUT2D eigenvalue weighted by atomic mass is 9.83. The van der Waals surface area contributed by atoms with Gasteiger partial charge in [0.1, 0.15) is 11.5 Å². The summed E-state index contributed by atoms with van der Waals surface area (Å²) in [6, 6.07) is 0. The number of terminal acetylenes is 1. The molecule has 1 aliphatic rings. The highest BCUT2D eigenvalue weighted by atomic mass is 32.2. The fraction of sp³-hybridized carbons (Fsp3) is 0.846. The van der Waals surface area contributed by atoms with Gasteiger partial charge in [-0.2, -0.15) is 13.2 Å². The largest absolute Gasteiger partial charge is 0.393 e. The molecule has 0 nitrogen and oxygen atoms in total. The maximum atomic E-state index is 12.1. The molecule has 98 valence electrons. The molecule has 0 N–H and O–H groups in total. The molecule has 0 bridgehead atoms. The van der Waals surface area contributed by atoms with Crippen molar-refractivity contribution in [2.75, 3.05) is 17.8 Å². The van der Waals surface area contributed by atoms with Crippen molar-refractivity contribution >= 4 is 10.9 Å². The van der Waals surface area contributed by atoms with E-state index in [-0.39, 0.29) is 10.9 Å². The van der Waals surface area contributed by atoms with Crippen LogP contribution < -0.4 is 0 Å². The summed E-state index contributed by atoms with van der Waals surface area (Å²) in [6.45, 7) is 0. The zero-order valence-electron chi connectivity index (χ0n) is 10.2. The molecule has 0 saturated heterocycles. The van der Waals surface area contributed by atoms with Crippen molar-refractivity contribution in [3.05, 3.63) is 0 Å². The highest BCUT2D eigenvalue weighted by Crippen LogP contribution is 2.30. The molecule has 1 fully saturated rings. The van der Waals surface area contributed by atoms with Gasteiger partial charge in [-0.1, -0.05) is 0 Å². The van der Waals surface area contributed by atoms with Gasteiger partial charge >= 0.3 is 6.18 Å². The summed E-state index contributed by atoms with van der Waals surface area (Å²) in [7, 11) is -0.0989. The van der Waals surface area contributed by atoms with Gasteiger partial charge in [-0.3, -0.25) is 0 Å². The molecule has 1 atom stereocenters. The zero-order chi connectivity index (χ0) is 12.9. The zero-order valence-corrected chi connectivity index (χ0v) is 11.0. The Morgan fingerprint density at radius 2 is 1.82 bits per heavy atom. The van der Waals surface area contributed by atoms with Crippen LogP contribution in [0, 0.1) is 24.2 Å². The SMILES string of the molecule is C#CC1CCC(C[S+](C)CCC(F)(F)F)CC1. The van der Waals surface area contributed by atoms with Gasteiger partial charge in [0, 0.05) is 11.8 Å². The summed E-state index contributed by atoms with van der Waals surface area (Å²) in [6.07, 6.45) is 7.00. The van der Waals surface area contributed by atoms with E-state index in [0.717, 1.165) is 31.4 Å². The van der Waals surface area contributed by atoms with E-state index < -0.39 is 12.6 Å². The molecule has 0 heterocycles. The van der Waals surface area contributed by atoms with Gasteiger partial charge in [0.2, 0.25) is 0 Å². The van der Waals surface area contributed by atoms with Crippen LogP contribution in [0.3, 0.4) is 0 Å². The second kappa shape index (κ2) is 6.58. The average molecular weight is 265 g/mol. The maximum absolute atomic E-state index is 12.1. The Hall–Kier alpha value is -0.300. The van der Waals surface area contributed by atoms with E-state index in [1.54, 1.807) is 0 Å². The topological polar surface area (TPSA) is 0 Å². The Bertz CT molecular complexity index is 259. The second-order valence-corrected chi connectivity index (χ2v) is 7.21. The summed E-state index contributed by atoms with van der Waals surface area (Å²) in [5.41, 5.74) is 0. The van der Waals surface area contributed by atoms with Crippen molar-refractivity contribution in [2.45, 2.75) is 38.3 Å². The van der Waals surface area contributed by atoms with E-state index in [2.05, 4.69) is 5.92 Å². The standard InChI is InChI=1S/C13H20F3S/c1-3-11-4-6-12(7-5-11)10-17(2)9-8-13(14,15)16/h1,11-12H,4-10H2,2H3/q+1. The number of hydrogen-bond acceptors (Lipinski definition) is 0. The Balaban J connectivity index is 2.19. The molecular formula is C13H20F3S+. The lowest BCUT2D eigenvalue weighted by Crippen LogP contribution is -2.24. The van der Waals surface area contributed by atoms with Gasteiger partial charge < -0.3 is 0 Å². The predicted octanol–water partition coefficient (Wildman–Crippen LogP) is 3.63. The average Bonchev–Trinajstić information content (AvgIpc) is 2.27. The van der Waals surface area contributed by atoms with Crippen molar-refractivity contribution in [1.82, 2.24) is 0 Å². The van der Waals surface area contributed by atoms with Gasteiger partial charge in [0.05, 0.1) is 12.7 Å². The number of hydrogen-bond donors (Lipinski definition) is 0. The highest BCUT2D eigenvalue weighted by Gasteiger charge is 2.32. The molecule has 4 heteroatoms. The first-order valence-corrected chi connectivity index (χ1v) is 8.00. The summed E-state index contributed by atoms with van der Waals surface area (Å²) in [4.78, 5) is 0. The Kier molecular flexibility index (Phi) is 5.72. The van der Waals surface area contributed by atoms with Gasteiger partial charge in [0.25, 0.3) is 0 Å². The molecule has 0 amide bonds. The molecule has 0 aromatic rings. The summed E-state index contributed by atoms with van der Waals surface area (Å²) >= 11 is 0. The molecule has 0 aromatic heterocycles. The normalized spacial score (nSPS) is 27.5. The fourth-order valence-corrected chi connectivity index (χ4v) is 4.16. The minimum Gasteiger partial charge on any atom is -0.171 e. The quantitative estimate of drug-likeness (QED) is 0.538. The van der Waals surface area contributed by atoms with Gasteiger partial charge in [-0.15, -0.1) is 12.3 Å². The second-order valence-electron chi connectivity index (χ2n) is 4.90. The molecule has 17 heavy (non-hydrogen) atoms. The van der Waals surface area contributed by atoms with Crippen LogP contribution >= 0.6 is 0 Å². The Labute approximate surface area is 105 Å². The Morgan fingerprint density at radius 1 is 1.24 bits per heavy atom. The highest BCUT2D eigenvalue weighted by molar-refractivity contribution is 7.96. The minimum atomic E-state index is -4.00. The molecule has 1 rings (SSSR count). The molecule has 0 spiro atoms. The molecule has 0 aliphatic heterocycles. The van der Waals surface area contributed by atoms with Crippen LogP contribution in [0.2, 0.25) is 0 Å². The van der Waals surface area contributed by atoms with Gasteiger partial charge in [0.15, 0.2) is 0 Å². The van der Waals surface area contributed by atoms with Crippen molar-refractivity contribution < 1.29 is 13.2 Å². The van der Waals surface area contributed by atoms with E-state index in [4.69, 9.17) is 6.42 Å². The lowest BCUT2D eigenvalue weighted by Gasteiger charge is -2.24. The monoisotopic (exact) mass is 265 g/mol. The van der Waals surface area contributed by atoms with Crippen LogP contribution in [-0.4, -0.2) is 23.9 Å². The Morgan fingerprint density at radius 3 is 2.29 bits per heavy atom. The van der Waals surface area contributed by atoms with Crippen LogP contribution in [0.5, 0.6) is 0 Å². The smallest absolute Gasteiger partial charge is 0.171 e. The fourth-order valence-electron chi connectivity index (χ4n) is 2.27. The van der Waals surface area contributed by atoms with E-state index >= 15 is 0 Å². The van der Waals surface area contributed by atoms with Crippen LogP contribution in [0.25, 0.3) is 0 Å². The van der Waals surface area contributed by atoms with E-state index in [0.29, 0.717) is 17.6 Å². The number of rotatable bonds is 4. The first kappa shape index (κ1) is 14.8. The van der Waals surface area contributed by atoms with Crippen LogP contribution in [0.15, 0.2) is 0 Å². The predicted molar refractivity (Wildman–Crippen MR) is 68.0 cm³/mol. The third kappa shape index (κ3) is 6.26. The number of alkyl halides is 3. The van der Waals surface area contributed by atoms with Crippen molar-refractivity contribution in [3.63, 3.8) is 0 Å². The van der Waals surface area contributed by atoms with Crippen molar-refractivity contribution in [3.8, 4) is 12.3 Å². The van der Waals surface area contributed by atoms with Crippen LogP contribution in [0.1, 0.15) is 32.1 Å². The third-order valence-corrected chi connectivity index (χ3v) is 5.28. The molecule has 0 aromatic carbocycles. The van der Waals surface area contributed by atoms with Crippen LogP contribution in [0.4, 0.5) is 13.2 Å². The van der Waals surface area contributed by atoms with E-state index in [1.807, 2.05) is 6.26 Å². The summed E-state index contributed by atoms with van der Waals surface area (Å²) in [5, 5.41) is 0. The minimum absolute atomic E-state index is 0.0989. The van der Waals surface area contributed by atoms with Gasteiger partial charge in [-0.25, -0.2) is 0 Å². The summed E-state index contributed by atoms with van der Waals surface area (Å²) < 4.78 is 36.2. The van der Waals surface area contributed by atoms with E-state index in [1.165, 1.54) is 0 Å². The maximum Gasteiger partial charge on any atom is 0.393 e. The van der Waals surface area contributed by atoms with Crippen LogP contribution in [-0.2, 0) is 10.9 Å². The van der Waals surface area contributed by atoms with Crippen molar-refractivity contribution in [1.29, 1.82) is 0 Å². The lowest BCUT2D eigenvalue weighted by molar-refractivity contribution is -0.129. The molecule has 1 saturated carbocycles. The number of halogens is 3. The first-order chi connectivity index (χ1) is 7.90. The first-order valence-electron chi connectivity index (χ1n) is 6.02. The molecule has 1 aliphatic carbocycles. The molecular weight excluding hydrogens is 245 g/mol. The van der Waals surface area contributed by atoms with Crippen molar-refractivity contribution in [2.24, 2.45) is 11.8 Å². The third-order valence-electron chi connectivity index (χ3n) is 3.34. The van der Waals surface area contributed by atoms with Gasteiger partial charge in [-0.05, 0) is 36.6 Å². The van der Waals surface area contributed by atoms with E-state index in [9.17, 15) is 13.2 Å². The summed E-state index contributed by atoms with van der Waals surface area (Å²) in [5.74, 6) is 5.02. The molecule has 1 unspecified atom stereocenters.